The highest BCUT2D eigenvalue weighted by Gasteiger charge is 2.63. The molecule has 5 rings (SSSR count). The van der Waals surface area contributed by atoms with Crippen LogP contribution in [0.5, 0.6) is 0 Å². The average Bonchev–Trinajstić information content (AvgIpc) is 3.34. The molecular formula is C21H32O3. The van der Waals surface area contributed by atoms with E-state index in [-0.39, 0.29) is 23.0 Å². The third-order valence-corrected chi connectivity index (χ3v) is 8.93. The van der Waals surface area contributed by atoms with Gasteiger partial charge in [-0.3, -0.25) is 0 Å². The number of allylic oxidation sites excluding steroid dienone is 1. The van der Waals surface area contributed by atoms with Gasteiger partial charge in [0.05, 0.1) is 24.9 Å². The van der Waals surface area contributed by atoms with Crippen LogP contribution in [0.4, 0.5) is 0 Å². The molecule has 4 fully saturated rings. The lowest BCUT2D eigenvalue weighted by Crippen LogP contribution is -2.52. The first-order valence-corrected chi connectivity index (χ1v) is 10.1. The van der Waals surface area contributed by atoms with Gasteiger partial charge in [-0.15, -0.1) is 0 Å². The van der Waals surface area contributed by atoms with Crippen molar-refractivity contribution >= 4 is 0 Å². The Labute approximate surface area is 145 Å². The lowest BCUT2D eigenvalue weighted by Gasteiger charge is -2.58. The van der Waals surface area contributed by atoms with Crippen LogP contribution in [0.1, 0.15) is 58.8 Å². The highest BCUT2D eigenvalue weighted by atomic mass is 16.6. The third kappa shape index (κ3) is 2.01. The molecule has 24 heavy (non-hydrogen) atoms. The molecule has 0 aromatic heterocycles. The Hall–Kier alpha value is -0.380. The van der Waals surface area contributed by atoms with E-state index in [1.165, 1.54) is 12.0 Å². The summed E-state index contributed by atoms with van der Waals surface area (Å²) in [4.78, 5) is 0. The van der Waals surface area contributed by atoms with Crippen molar-refractivity contribution in [1.29, 1.82) is 0 Å². The summed E-state index contributed by atoms with van der Waals surface area (Å²) >= 11 is 0. The van der Waals surface area contributed by atoms with E-state index in [1.807, 2.05) is 0 Å². The van der Waals surface area contributed by atoms with Crippen molar-refractivity contribution < 1.29 is 14.9 Å². The van der Waals surface area contributed by atoms with Gasteiger partial charge in [0.25, 0.3) is 0 Å². The van der Waals surface area contributed by atoms with Crippen LogP contribution in [0.3, 0.4) is 0 Å². The second-order valence-electron chi connectivity index (χ2n) is 9.91. The van der Waals surface area contributed by atoms with E-state index in [1.54, 1.807) is 0 Å². The van der Waals surface area contributed by atoms with E-state index in [9.17, 15) is 10.2 Å². The maximum Gasteiger partial charge on any atom is 0.0841 e. The number of ether oxygens (including phenoxy) is 1. The number of rotatable bonds is 1. The Morgan fingerprint density at radius 1 is 1.12 bits per heavy atom. The van der Waals surface area contributed by atoms with E-state index >= 15 is 0 Å². The fraction of sp³-hybridized carbons (Fsp3) is 0.905. The van der Waals surface area contributed by atoms with E-state index in [0.717, 1.165) is 51.0 Å². The molecule has 9 atom stereocenters. The quantitative estimate of drug-likeness (QED) is 0.572. The standard InChI is InChI=1S/C21H32O3/c1-20-7-5-13(22)9-12(20)3-4-14-16(20)6-8-21(2)18(23)10-15(19(14)21)17-11-24-17/h3,13-19,22-23H,4-11H2,1-2H3/t13-,14+,15+,16-,17?,18-,19+,20-,21+/m0/s1. The second-order valence-corrected chi connectivity index (χ2v) is 9.91. The maximum atomic E-state index is 10.8. The van der Waals surface area contributed by atoms with Crippen LogP contribution in [-0.4, -0.2) is 35.1 Å². The predicted octanol–water partition coefficient (Wildman–Crippen LogP) is 3.30. The van der Waals surface area contributed by atoms with Crippen LogP contribution >= 0.6 is 0 Å². The molecule has 134 valence electrons. The van der Waals surface area contributed by atoms with E-state index < -0.39 is 0 Å². The van der Waals surface area contributed by atoms with Crippen molar-refractivity contribution in [2.24, 2.45) is 34.5 Å². The Morgan fingerprint density at radius 2 is 1.92 bits per heavy atom. The van der Waals surface area contributed by atoms with Crippen LogP contribution in [0.2, 0.25) is 0 Å². The van der Waals surface area contributed by atoms with Gasteiger partial charge in [0.15, 0.2) is 0 Å². The topological polar surface area (TPSA) is 53.0 Å². The molecule has 4 aliphatic carbocycles. The average molecular weight is 332 g/mol. The van der Waals surface area contributed by atoms with Gasteiger partial charge < -0.3 is 14.9 Å². The molecule has 2 N–H and O–H groups in total. The fourth-order valence-corrected chi connectivity index (χ4v) is 7.48. The molecule has 0 amide bonds. The van der Waals surface area contributed by atoms with Crippen LogP contribution in [0.25, 0.3) is 0 Å². The van der Waals surface area contributed by atoms with Crippen LogP contribution in [-0.2, 0) is 4.74 Å². The molecule has 0 bridgehead atoms. The SMILES string of the molecule is C[C@]12CC[C@H]3[C@@H](CC=C4C[C@@H](O)CC[C@@]43C)[C@@H]1[C@@H](C1CO1)C[C@@H]2O. The highest BCUT2D eigenvalue weighted by Crippen LogP contribution is 2.67. The maximum absolute atomic E-state index is 10.8. The summed E-state index contributed by atoms with van der Waals surface area (Å²) in [6.45, 7) is 5.73. The molecule has 1 heterocycles. The summed E-state index contributed by atoms with van der Waals surface area (Å²) in [5.41, 5.74) is 1.91. The normalized spacial score (nSPS) is 59.2. The van der Waals surface area contributed by atoms with Gasteiger partial charge in [-0.25, -0.2) is 0 Å². The molecule has 5 aliphatic rings. The molecule has 0 spiro atoms. The molecule has 3 saturated carbocycles. The molecule has 1 unspecified atom stereocenters. The highest BCUT2D eigenvalue weighted by molar-refractivity contribution is 5.26. The summed E-state index contributed by atoms with van der Waals surface area (Å²) in [7, 11) is 0. The van der Waals surface area contributed by atoms with Gasteiger partial charge in [-0.2, -0.15) is 0 Å². The molecule has 3 heteroatoms. The molecule has 0 radical (unpaired) electrons. The minimum atomic E-state index is -0.149. The van der Waals surface area contributed by atoms with Gasteiger partial charge in [0.1, 0.15) is 0 Å². The largest absolute Gasteiger partial charge is 0.393 e. The van der Waals surface area contributed by atoms with Crippen molar-refractivity contribution in [3.05, 3.63) is 11.6 Å². The van der Waals surface area contributed by atoms with E-state index in [2.05, 4.69) is 19.9 Å². The van der Waals surface area contributed by atoms with Crippen LogP contribution in [0.15, 0.2) is 11.6 Å². The second kappa shape index (κ2) is 5.08. The van der Waals surface area contributed by atoms with E-state index in [0.29, 0.717) is 23.9 Å². The van der Waals surface area contributed by atoms with Crippen LogP contribution in [0, 0.1) is 34.5 Å². The summed E-state index contributed by atoms with van der Waals surface area (Å²) in [5.74, 6) is 2.60. The summed E-state index contributed by atoms with van der Waals surface area (Å²) in [6, 6.07) is 0. The van der Waals surface area contributed by atoms with Crippen molar-refractivity contribution in [2.75, 3.05) is 6.61 Å². The van der Waals surface area contributed by atoms with Gasteiger partial charge >= 0.3 is 0 Å². The summed E-state index contributed by atoms with van der Waals surface area (Å²) in [6.07, 6.45) is 10.1. The molecule has 3 nitrogen and oxygen atoms in total. The van der Waals surface area contributed by atoms with Crippen molar-refractivity contribution in [1.82, 2.24) is 0 Å². The molecule has 0 aromatic carbocycles. The third-order valence-electron chi connectivity index (χ3n) is 8.93. The minimum absolute atomic E-state index is 0.0909. The van der Waals surface area contributed by atoms with E-state index in [4.69, 9.17) is 4.74 Å². The Balaban J connectivity index is 1.52. The molecule has 1 aliphatic heterocycles. The van der Waals surface area contributed by atoms with Gasteiger partial charge in [-0.05, 0) is 79.4 Å². The van der Waals surface area contributed by atoms with Gasteiger partial charge in [-0.1, -0.05) is 25.5 Å². The lowest BCUT2D eigenvalue weighted by atomic mass is 9.47. The predicted molar refractivity (Wildman–Crippen MR) is 92.3 cm³/mol. The fourth-order valence-electron chi connectivity index (χ4n) is 7.48. The number of aliphatic hydroxyl groups excluding tert-OH is 2. The van der Waals surface area contributed by atoms with Crippen molar-refractivity contribution in [3.8, 4) is 0 Å². The molecule has 1 saturated heterocycles. The van der Waals surface area contributed by atoms with Crippen LogP contribution < -0.4 is 0 Å². The monoisotopic (exact) mass is 332 g/mol. The smallest absolute Gasteiger partial charge is 0.0841 e. The first kappa shape index (κ1) is 15.8. The summed E-state index contributed by atoms with van der Waals surface area (Å²) in [5, 5.41) is 21.0. The number of hydrogen-bond donors (Lipinski definition) is 2. The zero-order valence-corrected chi connectivity index (χ0v) is 15.1. The number of fused-ring (bicyclic) bond motifs is 5. The number of hydrogen-bond acceptors (Lipinski definition) is 3. The number of epoxide rings is 1. The first-order valence-electron chi connectivity index (χ1n) is 10.1. The first-order chi connectivity index (χ1) is 11.4. The molecule has 0 aromatic rings. The number of aliphatic hydroxyl groups is 2. The van der Waals surface area contributed by atoms with Gasteiger partial charge in [0.2, 0.25) is 0 Å². The summed E-state index contributed by atoms with van der Waals surface area (Å²) < 4.78 is 5.70. The minimum Gasteiger partial charge on any atom is -0.393 e. The molecular weight excluding hydrogens is 300 g/mol. The zero-order chi connectivity index (χ0) is 16.7. The zero-order valence-electron chi connectivity index (χ0n) is 15.1. The van der Waals surface area contributed by atoms with Crippen molar-refractivity contribution in [3.63, 3.8) is 0 Å². The van der Waals surface area contributed by atoms with Crippen molar-refractivity contribution in [2.45, 2.75) is 77.1 Å². The Kier molecular flexibility index (Phi) is 3.35. The Bertz CT molecular complexity index is 567. The Morgan fingerprint density at radius 3 is 2.67 bits per heavy atom. The lowest BCUT2D eigenvalue weighted by molar-refractivity contribution is -0.0805. The van der Waals surface area contributed by atoms with Gasteiger partial charge in [0, 0.05) is 0 Å².